The molecule has 0 spiro atoms. The van der Waals surface area contributed by atoms with Crippen molar-refractivity contribution >= 4 is 23.2 Å². The Balaban J connectivity index is 1.51. The molecule has 6 nitrogen and oxygen atoms in total. The average molecular weight is 443 g/mol. The predicted octanol–water partition coefficient (Wildman–Crippen LogP) is 4.37. The van der Waals surface area contributed by atoms with E-state index < -0.39 is 12.1 Å². The summed E-state index contributed by atoms with van der Waals surface area (Å²) in [6, 6.07) is 12.5. The Morgan fingerprint density at radius 2 is 1.94 bits per heavy atom. The molecule has 162 valence electrons. The first kappa shape index (κ1) is 22.4. The molecule has 1 unspecified atom stereocenters. The Labute approximate surface area is 184 Å². The van der Waals surface area contributed by atoms with Gasteiger partial charge in [0.1, 0.15) is 18.2 Å². The van der Waals surface area contributed by atoms with Crippen molar-refractivity contribution in [3.63, 3.8) is 0 Å². The number of amides is 1. The molecule has 0 aliphatic heterocycles. The second-order valence-corrected chi connectivity index (χ2v) is 8.10. The van der Waals surface area contributed by atoms with Crippen LogP contribution in [0.1, 0.15) is 33.5 Å². The summed E-state index contributed by atoms with van der Waals surface area (Å²) >= 11 is 1.56. The van der Waals surface area contributed by atoms with Gasteiger partial charge in [0.2, 0.25) is 0 Å². The highest BCUT2D eigenvalue weighted by molar-refractivity contribution is 7.09. The lowest BCUT2D eigenvalue weighted by molar-refractivity contribution is -0.139. The summed E-state index contributed by atoms with van der Waals surface area (Å²) in [5, 5.41) is 2.91. The van der Waals surface area contributed by atoms with Crippen LogP contribution in [0.5, 0.6) is 5.75 Å². The van der Waals surface area contributed by atoms with Gasteiger partial charge in [-0.2, -0.15) is 0 Å². The number of aromatic nitrogens is 1. The van der Waals surface area contributed by atoms with Gasteiger partial charge in [-0.05, 0) is 55.8 Å². The van der Waals surface area contributed by atoms with E-state index in [-0.39, 0.29) is 18.3 Å². The largest absolute Gasteiger partial charge is 0.487 e. The maximum absolute atomic E-state index is 13.3. The van der Waals surface area contributed by atoms with Crippen molar-refractivity contribution in [2.45, 2.75) is 33.1 Å². The highest BCUT2D eigenvalue weighted by Crippen LogP contribution is 2.17. The quantitative estimate of drug-likeness (QED) is 0.485. The number of aryl methyl sites for hydroxylation is 1. The molecule has 1 aromatic heterocycles. The summed E-state index contributed by atoms with van der Waals surface area (Å²) in [6.45, 7) is 4.00. The van der Waals surface area contributed by atoms with Crippen molar-refractivity contribution in [2.24, 2.45) is 0 Å². The number of benzene rings is 2. The maximum Gasteiger partial charge on any atom is 0.338 e. The molecule has 0 saturated heterocycles. The number of ether oxygens (including phenoxy) is 2. The number of halogens is 1. The molecule has 0 bridgehead atoms. The molecular formula is C23H23FN2O4S. The maximum atomic E-state index is 13.3. The molecule has 0 radical (unpaired) electrons. The fourth-order valence-electron chi connectivity index (χ4n) is 2.90. The fraction of sp³-hybridized carbons (Fsp3) is 0.261. The number of hydrogen-bond donors (Lipinski definition) is 0. The van der Waals surface area contributed by atoms with Gasteiger partial charge in [0.25, 0.3) is 5.91 Å². The lowest BCUT2D eigenvalue weighted by atomic mass is 10.2. The van der Waals surface area contributed by atoms with Crippen LogP contribution in [0.3, 0.4) is 0 Å². The molecule has 0 aliphatic rings. The molecule has 3 aromatic rings. The van der Waals surface area contributed by atoms with Crippen molar-refractivity contribution < 1.29 is 23.5 Å². The molecule has 1 heterocycles. The first-order chi connectivity index (χ1) is 14.8. The molecule has 2 aromatic carbocycles. The first-order valence-corrected chi connectivity index (χ1v) is 10.5. The summed E-state index contributed by atoms with van der Waals surface area (Å²) in [5.41, 5.74) is 1.81. The molecule has 0 fully saturated rings. The second kappa shape index (κ2) is 10.2. The lowest BCUT2D eigenvalue weighted by Gasteiger charge is -2.21. The normalized spacial score (nSPS) is 11.6. The zero-order valence-electron chi connectivity index (χ0n) is 17.5. The van der Waals surface area contributed by atoms with E-state index in [2.05, 4.69) is 4.98 Å². The van der Waals surface area contributed by atoms with E-state index in [0.717, 1.165) is 10.7 Å². The number of carbonyl (C=O) groups is 2. The zero-order chi connectivity index (χ0) is 22.4. The predicted molar refractivity (Wildman–Crippen MR) is 115 cm³/mol. The third-order valence-electron chi connectivity index (χ3n) is 4.46. The van der Waals surface area contributed by atoms with Crippen molar-refractivity contribution in [1.82, 2.24) is 9.88 Å². The SMILES string of the molecule is Cc1nc(COc2ccc(C(=O)OC(C)C(=O)N(C)Cc3cccc(F)c3)cc2)cs1. The number of carbonyl (C=O) groups excluding carboxylic acids is 2. The van der Waals surface area contributed by atoms with Crippen LogP contribution < -0.4 is 4.74 Å². The molecule has 0 N–H and O–H groups in total. The summed E-state index contributed by atoms with van der Waals surface area (Å²) in [6.07, 6.45) is -0.977. The highest BCUT2D eigenvalue weighted by Gasteiger charge is 2.22. The van der Waals surface area contributed by atoms with Gasteiger partial charge in [0, 0.05) is 19.0 Å². The van der Waals surface area contributed by atoms with Crippen LogP contribution in [0, 0.1) is 12.7 Å². The number of thiazole rings is 1. The number of hydrogen-bond acceptors (Lipinski definition) is 6. The zero-order valence-corrected chi connectivity index (χ0v) is 18.3. The minimum absolute atomic E-state index is 0.211. The van der Waals surface area contributed by atoms with Gasteiger partial charge >= 0.3 is 5.97 Å². The van der Waals surface area contributed by atoms with E-state index in [4.69, 9.17) is 9.47 Å². The van der Waals surface area contributed by atoms with Crippen LogP contribution in [0.4, 0.5) is 4.39 Å². The van der Waals surface area contributed by atoms with E-state index >= 15 is 0 Å². The van der Waals surface area contributed by atoms with Crippen molar-refractivity contribution in [3.8, 4) is 5.75 Å². The second-order valence-electron chi connectivity index (χ2n) is 7.04. The van der Waals surface area contributed by atoms with Gasteiger partial charge < -0.3 is 14.4 Å². The summed E-state index contributed by atoms with van der Waals surface area (Å²) in [7, 11) is 1.58. The van der Waals surface area contributed by atoms with Crippen molar-refractivity contribution in [1.29, 1.82) is 0 Å². The Bertz CT molecular complexity index is 1050. The minimum atomic E-state index is -0.977. The van der Waals surface area contributed by atoms with Gasteiger partial charge in [0.15, 0.2) is 6.10 Å². The van der Waals surface area contributed by atoms with Crippen LogP contribution in [0.25, 0.3) is 0 Å². The minimum Gasteiger partial charge on any atom is -0.487 e. The standard InChI is InChI=1S/C23H23FN2O4S/c1-15(22(27)26(3)12-17-5-4-6-19(24)11-17)30-23(28)18-7-9-21(10-8-18)29-13-20-14-31-16(2)25-20/h4-11,14-15H,12-13H2,1-3H3. The van der Waals surface area contributed by atoms with Gasteiger partial charge in [0.05, 0.1) is 16.3 Å². The van der Waals surface area contributed by atoms with Gasteiger partial charge in [-0.25, -0.2) is 14.2 Å². The summed E-state index contributed by atoms with van der Waals surface area (Å²) < 4.78 is 24.3. The fourth-order valence-corrected chi connectivity index (χ4v) is 3.49. The Hall–Kier alpha value is -3.26. The molecule has 8 heteroatoms. The van der Waals surface area contributed by atoms with Crippen LogP contribution in [-0.4, -0.2) is 34.9 Å². The van der Waals surface area contributed by atoms with Gasteiger partial charge in [-0.1, -0.05) is 12.1 Å². The molecule has 3 rings (SSSR count). The number of rotatable bonds is 8. The van der Waals surface area contributed by atoms with Crippen molar-refractivity contribution in [2.75, 3.05) is 7.05 Å². The number of nitrogens with zero attached hydrogens (tertiary/aromatic N) is 2. The van der Waals surface area contributed by atoms with E-state index in [1.165, 1.54) is 24.0 Å². The lowest BCUT2D eigenvalue weighted by Crippen LogP contribution is -2.37. The van der Waals surface area contributed by atoms with Crippen LogP contribution in [0.15, 0.2) is 53.9 Å². The van der Waals surface area contributed by atoms with Gasteiger partial charge in [-0.3, -0.25) is 4.79 Å². The Kier molecular flexibility index (Phi) is 7.36. The topological polar surface area (TPSA) is 68.7 Å². The Morgan fingerprint density at radius 3 is 2.58 bits per heavy atom. The molecule has 1 atom stereocenters. The van der Waals surface area contributed by atoms with Crippen LogP contribution >= 0.6 is 11.3 Å². The third-order valence-corrected chi connectivity index (χ3v) is 5.28. The summed E-state index contributed by atoms with van der Waals surface area (Å²) in [4.78, 5) is 30.6. The van der Waals surface area contributed by atoms with Gasteiger partial charge in [-0.15, -0.1) is 11.3 Å². The van der Waals surface area contributed by atoms with E-state index in [1.807, 2.05) is 12.3 Å². The van der Waals surface area contributed by atoms with Crippen LogP contribution in [-0.2, 0) is 22.7 Å². The summed E-state index contributed by atoms with van der Waals surface area (Å²) in [5.74, 6) is -0.758. The molecule has 31 heavy (non-hydrogen) atoms. The molecule has 0 aliphatic carbocycles. The van der Waals surface area contributed by atoms with E-state index in [0.29, 0.717) is 23.5 Å². The molecule has 1 amide bonds. The van der Waals surface area contributed by atoms with Crippen LogP contribution in [0.2, 0.25) is 0 Å². The average Bonchev–Trinajstić information content (AvgIpc) is 3.17. The van der Waals surface area contributed by atoms with E-state index in [9.17, 15) is 14.0 Å². The van der Waals surface area contributed by atoms with Crippen molar-refractivity contribution in [3.05, 3.63) is 81.6 Å². The first-order valence-electron chi connectivity index (χ1n) is 9.66. The monoisotopic (exact) mass is 442 g/mol. The third kappa shape index (κ3) is 6.36. The molecular weight excluding hydrogens is 419 g/mol. The number of likely N-dealkylation sites (N-methyl/N-ethyl adjacent to an activating group) is 1. The molecule has 0 saturated carbocycles. The smallest absolute Gasteiger partial charge is 0.338 e. The van der Waals surface area contributed by atoms with E-state index in [1.54, 1.807) is 54.8 Å². The highest BCUT2D eigenvalue weighted by atomic mass is 32.1. The number of esters is 1. The Morgan fingerprint density at radius 1 is 1.19 bits per heavy atom.